The number of halogens is 1. The van der Waals surface area contributed by atoms with Crippen molar-refractivity contribution in [3.63, 3.8) is 0 Å². The number of hydrogen-bond donors (Lipinski definition) is 3. The molecule has 120 valence electrons. The van der Waals surface area contributed by atoms with Crippen molar-refractivity contribution in [2.24, 2.45) is 5.41 Å². The lowest BCUT2D eigenvalue weighted by Gasteiger charge is -2.29. The van der Waals surface area contributed by atoms with Crippen LogP contribution in [0.3, 0.4) is 0 Å². The third kappa shape index (κ3) is 5.23. The van der Waals surface area contributed by atoms with E-state index in [2.05, 4.69) is 4.72 Å². The van der Waals surface area contributed by atoms with Gasteiger partial charge in [-0.3, -0.25) is 0 Å². The fourth-order valence-corrected chi connectivity index (χ4v) is 3.49. The molecule has 0 bridgehead atoms. The molecule has 0 aromatic heterocycles. The van der Waals surface area contributed by atoms with Gasteiger partial charge in [-0.2, -0.15) is 0 Å². The van der Waals surface area contributed by atoms with Crippen molar-refractivity contribution < 1.29 is 18.6 Å². The van der Waals surface area contributed by atoms with Gasteiger partial charge in [0.05, 0.1) is 17.7 Å². The third-order valence-electron chi connectivity index (χ3n) is 3.18. The molecular weight excluding hydrogens is 314 g/mol. The molecule has 0 amide bonds. The van der Waals surface area contributed by atoms with Gasteiger partial charge in [0.1, 0.15) is 4.90 Å². The van der Waals surface area contributed by atoms with E-state index >= 15 is 0 Å². The molecule has 0 fully saturated rings. The number of aliphatic hydroxyl groups excluding tert-OH is 2. The second-order valence-electron chi connectivity index (χ2n) is 6.05. The van der Waals surface area contributed by atoms with Crippen LogP contribution in [0, 0.1) is 5.41 Å². The van der Waals surface area contributed by atoms with Crippen LogP contribution in [-0.2, 0) is 10.0 Å². The van der Waals surface area contributed by atoms with Crippen molar-refractivity contribution in [3.8, 4) is 0 Å². The predicted molar refractivity (Wildman–Crippen MR) is 82.7 cm³/mol. The van der Waals surface area contributed by atoms with Crippen LogP contribution in [0.15, 0.2) is 29.2 Å². The van der Waals surface area contributed by atoms with Gasteiger partial charge in [0, 0.05) is 6.04 Å². The van der Waals surface area contributed by atoms with Crippen LogP contribution >= 0.6 is 11.6 Å². The molecule has 5 nitrogen and oxygen atoms in total. The minimum Gasteiger partial charge on any atom is -0.395 e. The van der Waals surface area contributed by atoms with E-state index in [0.717, 1.165) is 0 Å². The highest BCUT2D eigenvalue weighted by Crippen LogP contribution is 2.24. The van der Waals surface area contributed by atoms with Crippen molar-refractivity contribution in [2.75, 3.05) is 6.61 Å². The molecule has 2 atom stereocenters. The number of benzene rings is 1. The van der Waals surface area contributed by atoms with Gasteiger partial charge in [0.2, 0.25) is 10.0 Å². The van der Waals surface area contributed by atoms with Gasteiger partial charge in [0.15, 0.2) is 0 Å². The van der Waals surface area contributed by atoms with Crippen molar-refractivity contribution in [2.45, 2.75) is 44.2 Å². The fraction of sp³-hybridized carbons (Fsp3) is 0.571. The minimum absolute atomic E-state index is 0.0460. The highest BCUT2D eigenvalue weighted by molar-refractivity contribution is 7.89. The smallest absolute Gasteiger partial charge is 0.242 e. The Morgan fingerprint density at radius 1 is 1.29 bits per heavy atom. The van der Waals surface area contributed by atoms with Gasteiger partial charge in [-0.15, -0.1) is 0 Å². The van der Waals surface area contributed by atoms with Crippen LogP contribution in [0.4, 0.5) is 0 Å². The molecular formula is C14H22ClNO4S. The molecule has 0 saturated heterocycles. The summed E-state index contributed by atoms with van der Waals surface area (Å²) in [6, 6.07) is 5.29. The summed E-state index contributed by atoms with van der Waals surface area (Å²) in [6.07, 6.45) is -0.632. The summed E-state index contributed by atoms with van der Waals surface area (Å²) in [6.45, 7) is 5.12. The first-order valence-electron chi connectivity index (χ1n) is 6.63. The molecule has 0 aliphatic carbocycles. The van der Waals surface area contributed by atoms with Crippen LogP contribution in [0.2, 0.25) is 5.02 Å². The van der Waals surface area contributed by atoms with E-state index in [1.165, 1.54) is 12.1 Å². The summed E-state index contributed by atoms with van der Waals surface area (Å²) in [5.74, 6) is 0. The Balaban J connectivity index is 2.89. The molecule has 3 N–H and O–H groups in total. The van der Waals surface area contributed by atoms with E-state index in [0.29, 0.717) is 0 Å². The predicted octanol–water partition coefficient (Wildman–Crippen LogP) is 1.78. The molecule has 1 aromatic rings. The second kappa shape index (κ2) is 7.07. The zero-order chi connectivity index (χ0) is 16.3. The first kappa shape index (κ1) is 18.4. The SMILES string of the molecule is CC(C)(C)[C@H](O)C[C@H](CO)NS(=O)(=O)c1ccccc1Cl. The molecule has 0 aliphatic heterocycles. The summed E-state index contributed by atoms with van der Waals surface area (Å²) < 4.78 is 26.9. The summed E-state index contributed by atoms with van der Waals surface area (Å²) in [5, 5.41) is 19.5. The molecule has 0 heterocycles. The maximum Gasteiger partial charge on any atom is 0.242 e. The van der Waals surface area contributed by atoms with Crippen LogP contribution in [0.1, 0.15) is 27.2 Å². The Morgan fingerprint density at radius 2 is 1.86 bits per heavy atom. The molecule has 0 radical (unpaired) electrons. The maximum atomic E-state index is 12.3. The van der Waals surface area contributed by atoms with Crippen molar-refractivity contribution in [3.05, 3.63) is 29.3 Å². The minimum atomic E-state index is -3.85. The number of nitrogens with one attached hydrogen (secondary N) is 1. The maximum absolute atomic E-state index is 12.3. The van der Waals surface area contributed by atoms with Crippen LogP contribution < -0.4 is 4.72 Å². The average Bonchev–Trinajstić information content (AvgIpc) is 2.36. The normalized spacial score (nSPS) is 15.7. The number of sulfonamides is 1. The first-order chi connectivity index (χ1) is 9.58. The van der Waals surface area contributed by atoms with Gasteiger partial charge in [0.25, 0.3) is 0 Å². The van der Waals surface area contributed by atoms with E-state index in [9.17, 15) is 18.6 Å². The lowest BCUT2D eigenvalue weighted by molar-refractivity contribution is 0.0420. The Hall–Kier alpha value is -0.660. The largest absolute Gasteiger partial charge is 0.395 e. The van der Waals surface area contributed by atoms with Crippen molar-refractivity contribution in [1.29, 1.82) is 0 Å². The molecule has 21 heavy (non-hydrogen) atoms. The summed E-state index contributed by atoms with van der Waals surface area (Å²) in [5.41, 5.74) is -0.400. The van der Waals surface area contributed by atoms with E-state index in [4.69, 9.17) is 11.6 Å². The Morgan fingerprint density at radius 3 is 2.33 bits per heavy atom. The van der Waals surface area contributed by atoms with E-state index in [1.807, 2.05) is 20.8 Å². The summed E-state index contributed by atoms with van der Waals surface area (Å²) in [4.78, 5) is -0.0460. The summed E-state index contributed by atoms with van der Waals surface area (Å²) >= 11 is 5.88. The highest BCUT2D eigenvalue weighted by atomic mass is 35.5. The quantitative estimate of drug-likeness (QED) is 0.739. The molecule has 7 heteroatoms. The van der Waals surface area contributed by atoms with Crippen molar-refractivity contribution >= 4 is 21.6 Å². The summed E-state index contributed by atoms with van der Waals surface area (Å²) in [7, 11) is -3.85. The molecule has 0 spiro atoms. The number of aliphatic hydroxyl groups is 2. The number of rotatable bonds is 6. The van der Waals surface area contributed by atoms with Crippen LogP contribution in [-0.4, -0.2) is 37.4 Å². The van der Waals surface area contributed by atoms with E-state index in [-0.39, 0.29) is 16.3 Å². The van der Waals surface area contributed by atoms with E-state index in [1.54, 1.807) is 12.1 Å². The van der Waals surface area contributed by atoms with Crippen molar-refractivity contribution in [1.82, 2.24) is 4.72 Å². The van der Waals surface area contributed by atoms with Gasteiger partial charge in [-0.25, -0.2) is 13.1 Å². The molecule has 0 aliphatic rings. The molecule has 1 rings (SSSR count). The topological polar surface area (TPSA) is 86.6 Å². The number of hydrogen-bond acceptors (Lipinski definition) is 4. The monoisotopic (exact) mass is 335 g/mol. The standard InChI is InChI=1S/C14H22ClNO4S/c1-14(2,3)13(18)8-10(9-17)16-21(19,20)12-7-5-4-6-11(12)15/h4-7,10,13,16-18H,8-9H2,1-3H3/t10-,13-/m1/s1. The lowest BCUT2D eigenvalue weighted by atomic mass is 9.86. The third-order valence-corrected chi connectivity index (χ3v) is 5.20. The Kier molecular flexibility index (Phi) is 6.19. The fourth-order valence-electron chi connectivity index (χ4n) is 1.73. The Bertz CT molecular complexity index is 569. The zero-order valence-electron chi connectivity index (χ0n) is 12.4. The second-order valence-corrected chi connectivity index (χ2v) is 8.14. The average molecular weight is 336 g/mol. The molecule has 1 aromatic carbocycles. The van der Waals surface area contributed by atoms with Crippen LogP contribution in [0.5, 0.6) is 0 Å². The van der Waals surface area contributed by atoms with Crippen LogP contribution in [0.25, 0.3) is 0 Å². The highest BCUT2D eigenvalue weighted by Gasteiger charge is 2.28. The van der Waals surface area contributed by atoms with Gasteiger partial charge < -0.3 is 10.2 Å². The Labute approximate surface area is 131 Å². The van der Waals surface area contributed by atoms with Gasteiger partial charge in [-0.05, 0) is 24.0 Å². The molecule has 0 saturated carbocycles. The van der Waals surface area contributed by atoms with Gasteiger partial charge >= 0.3 is 0 Å². The first-order valence-corrected chi connectivity index (χ1v) is 8.50. The van der Waals surface area contributed by atoms with Gasteiger partial charge in [-0.1, -0.05) is 44.5 Å². The molecule has 0 unspecified atom stereocenters. The van der Waals surface area contributed by atoms with E-state index < -0.39 is 34.2 Å². The zero-order valence-corrected chi connectivity index (χ0v) is 13.9. The lowest BCUT2D eigenvalue weighted by Crippen LogP contribution is -2.42.